The van der Waals surface area contributed by atoms with Crippen LogP contribution in [0, 0.1) is 5.92 Å². The average Bonchev–Trinajstić information content (AvgIpc) is 3.47. The van der Waals surface area contributed by atoms with Gasteiger partial charge in [-0.15, -0.1) is 11.3 Å². The third kappa shape index (κ3) is 3.26. The maximum atomic E-state index is 12.8. The zero-order chi connectivity index (χ0) is 18.2. The Labute approximate surface area is 160 Å². The highest BCUT2D eigenvalue weighted by molar-refractivity contribution is 7.21. The Morgan fingerprint density at radius 3 is 2.63 bits per heavy atom. The van der Waals surface area contributed by atoms with Gasteiger partial charge in [0.15, 0.2) is 22.8 Å². The van der Waals surface area contributed by atoms with Gasteiger partial charge < -0.3 is 18.8 Å². The van der Waals surface area contributed by atoms with Gasteiger partial charge in [0.05, 0.1) is 23.4 Å². The maximum absolute atomic E-state index is 12.8. The first-order valence-electron chi connectivity index (χ1n) is 9.26. The zero-order valence-electron chi connectivity index (χ0n) is 14.8. The molecule has 1 aromatic carbocycles. The van der Waals surface area contributed by atoms with Crippen LogP contribution in [0.2, 0.25) is 0 Å². The van der Waals surface area contributed by atoms with Crippen LogP contribution in [-0.2, 0) is 9.47 Å². The molecule has 0 aliphatic carbocycles. The summed E-state index contributed by atoms with van der Waals surface area (Å²) in [4.78, 5) is 19.2. The number of amides is 1. The van der Waals surface area contributed by atoms with E-state index in [0.717, 1.165) is 28.1 Å². The molecule has 3 aromatic rings. The van der Waals surface area contributed by atoms with Crippen LogP contribution in [0.25, 0.3) is 21.0 Å². The third-order valence-corrected chi connectivity index (χ3v) is 6.23. The van der Waals surface area contributed by atoms with E-state index in [1.807, 2.05) is 35.2 Å². The normalized spacial score (nSPS) is 19.2. The van der Waals surface area contributed by atoms with Crippen LogP contribution in [0.5, 0.6) is 0 Å². The third-order valence-electron chi connectivity index (χ3n) is 5.18. The predicted octanol–water partition coefficient (Wildman–Crippen LogP) is 3.78. The number of carbonyl (C=O) groups is 1. The quantitative estimate of drug-likeness (QED) is 0.688. The Bertz CT molecular complexity index is 919. The van der Waals surface area contributed by atoms with E-state index in [1.54, 1.807) is 17.4 Å². The summed E-state index contributed by atoms with van der Waals surface area (Å²) in [5.41, 5.74) is 0.945. The number of carbonyl (C=O) groups excluding carboxylic acids is 1. The summed E-state index contributed by atoms with van der Waals surface area (Å²) in [5, 5.41) is 0.796. The maximum Gasteiger partial charge on any atom is 0.289 e. The van der Waals surface area contributed by atoms with Crippen molar-refractivity contribution >= 4 is 27.5 Å². The second-order valence-electron chi connectivity index (χ2n) is 6.89. The number of rotatable bonds is 3. The molecule has 140 valence electrons. The Morgan fingerprint density at radius 2 is 1.85 bits per heavy atom. The largest absolute Gasteiger partial charge is 0.448 e. The van der Waals surface area contributed by atoms with E-state index in [9.17, 15) is 4.79 Å². The van der Waals surface area contributed by atoms with Gasteiger partial charge in [0.1, 0.15) is 0 Å². The topological polar surface area (TPSA) is 64.8 Å². The van der Waals surface area contributed by atoms with Crippen LogP contribution >= 0.6 is 11.3 Å². The Hall–Kier alpha value is -2.22. The number of para-hydroxylation sites is 1. The molecule has 2 aromatic heterocycles. The van der Waals surface area contributed by atoms with Crippen molar-refractivity contribution < 1.29 is 18.7 Å². The van der Waals surface area contributed by atoms with Gasteiger partial charge in [-0.25, -0.2) is 4.98 Å². The van der Waals surface area contributed by atoms with Gasteiger partial charge in [-0.3, -0.25) is 4.79 Å². The number of fused-ring (bicyclic) bond motifs is 1. The molecule has 0 atom stereocenters. The number of hydrogen-bond acceptors (Lipinski definition) is 6. The number of benzene rings is 1. The number of thiazole rings is 1. The van der Waals surface area contributed by atoms with E-state index >= 15 is 0 Å². The summed E-state index contributed by atoms with van der Waals surface area (Å²) in [7, 11) is 0. The second-order valence-corrected chi connectivity index (χ2v) is 7.92. The van der Waals surface area contributed by atoms with E-state index in [2.05, 4.69) is 4.98 Å². The number of nitrogens with zero attached hydrogens (tertiary/aromatic N) is 2. The van der Waals surface area contributed by atoms with Crippen molar-refractivity contribution in [3.63, 3.8) is 0 Å². The lowest BCUT2D eigenvalue weighted by Crippen LogP contribution is -2.41. The Kier molecular flexibility index (Phi) is 4.43. The molecule has 2 aliphatic heterocycles. The molecule has 7 heteroatoms. The van der Waals surface area contributed by atoms with E-state index in [1.165, 1.54) is 0 Å². The summed E-state index contributed by atoms with van der Waals surface area (Å²) in [6.45, 7) is 2.74. The van der Waals surface area contributed by atoms with Crippen molar-refractivity contribution in [2.24, 2.45) is 5.92 Å². The number of hydrogen-bond donors (Lipinski definition) is 0. The van der Waals surface area contributed by atoms with Gasteiger partial charge in [0, 0.05) is 19.0 Å². The fraction of sp³-hybridized carbons (Fsp3) is 0.400. The Morgan fingerprint density at radius 1 is 1.07 bits per heavy atom. The monoisotopic (exact) mass is 384 g/mol. The molecule has 2 saturated heterocycles. The zero-order valence-corrected chi connectivity index (χ0v) is 15.6. The molecular weight excluding hydrogens is 364 g/mol. The van der Waals surface area contributed by atoms with Crippen molar-refractivity contribution in [2.45, 2.75) is 19.1 Å². The molecule has 0 unspecified atom stereocenters. The van der Waals surface area contributed by atoms with Crippen molar-refractivity contribution in [3.05, 3.63) is 42.2 Å². The lowest BCUT2D eigenvalue weighted by Gasteiger charge is -2.33. The highest BCUT2D eigenvalue weighted by atomic mass is 32.1. The van der Waals surface area contributed by atoms with Crippen LogP contribution < -0.4 is 0 Å². The molecular formula is C20H20N2O4S. The van der Waals surface area contributed by atoms with E-state index in [0.29, 0.717) is 43.7 Å². The molecule has 2 fully saturated rings. The van der Waals surface area contributed by atoms with Crippen molar-refractivity contribution in [3.8, 4) is 10.8 Å². The molecule has 4 heterocycles. The van der Waals surface area contributed by atoms with Crippen molar-refractivity contribution in [1.29, 1.82) is 0 Å². The number of piperidine rings is 1. The molecule has 1 amide bonds. The first kappa shape index (κ1) is 16.9. The molecule has 5 rings (SSSR count). The lowest BCUT2D eigenvalue weighted by molar-refractivity contribution is -0.0956. The Balaban J connectivity index is 1.27. The first-order valence-corrected chi connectivity index (χ1v) is 10.1. The van der Waals surface area contributed by atoms with Crippen molar-refractivity contribution in [2.75, 3.05) is 26.3 Å². The molecule has 0 N–H and O–H groups in total. The highest BCUT2D eigenvalue weighted by Gasteiger charge is 2.32. The second kappa shape index (κ2) is 7.07. The predicted molar refractivity (Wildman–Crippen MR) is 102 cm³/mol. The molecule has 27 heavy (non-hydrogen) atoms. The fourth-order valence-corrected chi connectivity index (χ4v) is 4.65. The van der Waals surface area contributed by atoms with Gasteiger partial charge in [-0.05, 0) is 37.1 Å². The standard InChI is InChI=1S/C20H20N2O4S/c23-19(22-9-7-13(8-10-22)20-24-11-12-25-20)16-6-5-15(26-16)18-21-14-3-1-2-4-17(14)27-18/h1-6,13,20H,7-12H2. The number of aromatic nitrogens is 1. The molecule has 6 nitrogen and oxygen atoms in total. The van der Waals surface area contributed by atoms with Gasteiger partial charge in [0.25, 0.3) is 5.91 Å². The smallest absolute Gasteiger partial charge is 0.289 e. The minimum absolute atomic E-state index is 0.0610. The van der Waals surface area contributed by atoms with Crippen LogP contribution in [0.4, 0.5) is 0 Å². The van der Waals surface area contributed by atoms with Gasteiger partial charge in [-0.1, -0.05) is 12.1 Å². The molecule has 0 bridgehead atoms. The molecule has 0 radical (unpaired) electrons. The summed E-state index contributed by atoms with van der Waals surface area (Å²) in [5.74, 6) is 1.32. The van der Waals surface area contributed by atoms with Crippen LogP contribution in [-0.4, -0.2) is 48.4 Å². The SMILES string of the molecule is O=C(c1ccc(-c2nc3ccccc3s2)o1)N1CCC(C2OCCO2)CC1. The van der Waals surface area contributed by atoms with Crippen LogP contribution in [0.3, 0.4) is 0 Å². The summed E-state index contributed by atoms with van der Waals surface area (Å²) < 4.78 is 18.2. The average molecular weight is 384 g/mol. The highest BCUT2D eigenvalue weighted by Crippen LogP contribution is 2.32. The fourth-order valence-electron chi connectivity index (χ4n) is 3.72. The van der Waals surface area contributed by atoms with Crippen LogP contribution in [0.1, 0.15) is 23.4 Å². The minimum Gasteiger partial charge on any atom is -0.448 e. The first-order chi connectivity index (χ1) is 13.3. The van der Waals surface area contributed by atoms with E-state index in [-0.39, 0.29) is 12.2 Å². The lowest BCUT2D eigenvalue weighted by atomic mass is 9.96. The molecule has 0 spiro atoms. The van der Waals surface area contributed by atoms with Crippen LogP contribution in [0.15, 0.2) is 40.8 Å². The molecule has 2 aliphatic rings. The van der Waals surface area contributed by atoms with E-state index in [4.69, 9.17) is 13.9 Å². The van der Waals surface area contributed by atoms with Gasteiger partial charge in [0.2, 0.25) is 0 Å². The summed E-state index contributed by atoms with van der Waals surface area (Å²) in [6, 6.07) is 11.6. The summed E-state index contributed by atoms with van der Waals surface area (Å²) >= 11 is 1.57. The van der Waals surface area contributed by atoms with E-state index < -0.39 is 0 Å². The van der Waals surface area contributed by atoms with Gasteiger partial charge >= 0.3 is 0 Å². The van der Waals surface area contributed by atoms with Gasteiger partial charge in [-0.2, -0.15) is 0 Å². The molecule has 0 saturated carbocycles. The summed E-state index contributed by atoms with van der Waals surface area (Å²) in [6.07, 6.45) is 1.68. The number of likely N-dealkylation sites (tertiary alicyclic amines) is 1. The van der Waals surface area contributed by atoms with Crippen molar-refractivity contribution in [1.82, 2.24) is 9.88 Å². The minimum atomic E-state index is -0.100. The number of ether oxygens (including phenoxy) is 2. The number of furan rings is 1.